The average molecular weight is 199 g/mol. The molecule has 0 amide bonds. The van der Waals surface area contributed by atoms with E-state index in [1.165, 1.54) is 0 Å². The van der Waals surface area contributed by atoms with Crippen molar-refractivity contribution in [2.45, 2.75) is 19.8 Å². The lowest BCUT2D eigenvalue weighted by Crippen LogP contribution is -1.92. The molecular weight excluding hydrogens is 186 g/mol. The smallest absolute Gasteiger partial charge is 0.101 e. The van der Waals surface area contributed by atoms with Crippen molar-refractivity contribution in [3.63, 3.8) is 0 Å². The van der Waals surface area contributed by atoms with Crippen LogP contribution in [0.2, 0.25) is 0 Å². The highest BCUT2D eigenvalue weighted by atomic mass is 15.3. The zero-order valence-electron chi connectivity index (χ0n) is 8.99. The fourth-order valence-corrected chi connectivity index (χ4v) is 1.92. The minimum absolute atomic E-state index is 0.699. The molecular formula is C12H13N3. The van der Waals surface area contributed by atoms with E-state index in [9.17, 15) is 0 Å². The van der Waals surface area contributed by atoms with Gasteiger partial charge in [0.25, 0.3) is 0 Å². The van der Waals surface area contributed by atoms with Crippen LogP contribution in [-0.2, 0) is 13.5 Å². The second-order valence-electron chi connectivity index (χ2n) is 3.63. The van der Waals surface area contributed by atoms with Gasteiger partial charge in [-0.1, -0.05) is 25.5 Å². The molecule has 15 heavy (non-hydrogen) atoms. The number of hydrogen-bond donors (Lipinski definition) is 0. The Morgan fingerprint density at radius 2 is 2.27 bits per heavy atom. The van der Waals surface area contributed by atoms with Gasteiger partial charge in [-0.25, -0.2) is 0 Å². The summed E-state index contributed by atoms with van der Waals surface area (Å²) in [5.41, 5.74) is 2.74. The molecule has 1 aromatic heterocycles. The second-order valence-corrected chi connectivity index (χ2v) is 3.63. The number of rotatable bonds is 2. The van der Waals surface area contributed by atoms with Gasteiger partial charge < -0.3 is 0 Å². The van der Waals surface area contributed by atoms with E-state index in [2.05, 4.69) is 18.1 Å². The van der Waals surface area contributed by atoms with Gasteiger partial charge in [-0.3, -0.25) is 4.68 Å². The maximum absolute atomic E-state index is 9.01. The summed E-state index contributed by atoms with van der Waals surface area (Å²) < 4.78 is 1.80. The normalized spacial score (nSPS) is 10.5. The van der Waals surface area contributed by atoms with E-state index in [-0.39, 0.29) is 0 Å². The van der Waals surface area contributed by atoms with Crippen molar-refractivity contribution in [3.8, 4) is 6.07 Å². The molecule has 0 aliphatic heterocycles. The van der Waals surface area contributed by atoms with Crippen molar-refractivity contribution in [2.75, 3.05) is 0 Å². The number of fused-ring (bicyclic) bond motifs is 1. The molecule has 76 valence electrons. The van der Waals surface area contributed by atoms with Crippen LogP contribution in [0.25, 0.3) is 10.9 Å². The molecule has 0 radical (unpaired) electrons. The second kappa shape index (κ2) is 3.74. The van der Waals surface area contributed by atoms with E-state index in [1.807, 2.05) is 25.2 Å². The molecule has 1 aromatic carbocycles. The number of hydrogen-bond acceptors (Lipinski definition) is 2. The topological polar surface area (TPSA) is 41.6 Å². The summed E-state index contributed by atoms with van der Waals surface area (Å²) in [7, 11) is 1.89. The molecule has 0 aliphatic carbocycles. The Hall–Kier alpha value is -1.82. The molecule has 0 N–H and O–H groups in total. The van der Waals surface area contributed by atoms with Crippen LogP contribution in [0.15, 0.2) is 18.2 Å². The first-order chi connectivity index (χ1) is 7.27. The van der Waals surface area contributed by atoms with Gasteiger partial charge >= 0.3 is 0 Å². The predicted octanol–water partition coefficient (Wildman–Crippen LogP) is 2.40. The van der Waals surface area contributed by atoms with Crippen LogP contribution in [0, 0.1) is 11.3 Å². The number of nitriles is 1. The third-order valence-electron chi connectivity index (χ3n) is 2.55. The van der Waals surface area contributed by atoms with Gasteiger partial charge in [0.1, 0.15) is 6.07 Å². The van der Waals surface area contributed by atoms with Gasteiger partial charge in [-0.15, -0.1) is 0 Å². The average Bonchev–Trinajstić information content (AvgIpc) is 2.57. The van der Waals surface area contributed by atoms with Crippen LogP contribution in [-0.4, -0.2) is 9.78 Å². The molecule has 0 unspecified atom stereocenters. The minimum Gasteiger partial charge on any atom is -0.266 e. The molecule has 0 spiro atoms. The van der Waals surface area contributed by atoms with Crippen molar-refractivity contribution in [1.82, 2.24) is 9.78 Å². The maximum atomic E-state index is 9.01. The quantitative estimate of drug-likeness (QED) is 0.745. The van der Waals surface area contributed by atoms with Gasteiger partial charge in [0.2, 0.25) is 0 Å². The number of para-hydroxylation sites is 1. The lowest BCUT2D eigenvalue weighted by molar-refractivity contribution is 0.753. The Bertz CT molecular complexity index is 532. The van der Waals surface area contributed by atoms with Crippen molar-refractivity contribution in [1.29, 1.82) is 5.26 Å². The van der Waals surface area contributed by atoms with Crippen LogP contribution in [0.4, 0.5) is 0 Å². The summed E-state index contributed by atoms with van der Waals surface area (Å²) in [6.07, 6.45) is 2.04. The third kappa shape index (κ3) is 1.48. The molecule has 0 aliphatic rings. The Morgan fingerprint density at radius 3 is 2.93 bits per heavy atom. The van der Waals surface area contributed by atoms with Crippen LogP contribution < -0.4 is 0 Å². The van der Waals surface area contributed by atoms with Gasteiger partial charge in [0.15, 0.2) is 0 Å². The van der Waals surface area contributed by atoms with Crippen LogP contribution in [0.5, 0.6) is 0 Å². The number of aryl methyl sites for hydroxylation is 2. The Labute approximate surface area is 88.9 Å². The highest BCUT2D eigenvalue weighted by Crippen LogP contribution is 2.22. The largest absolute Gasteiger partial charge is 0.266 e. The lowest BCUT2D eigenvalue weighted by atomic mass is 10.1. The number of benzene rings is 1. The first-order valence-corrected chi connectivity index (χ1v) is 5.12. The van der Waals surface area contributed by atoms with Crippen molar-refractivity contribution in [3.05, 3.63) is 29.5 Å². The van der Waals surface area contributed by atoms with E-state index in [1.54, 1.807) is 4.68 Å². The highest BCUT2D eigenvalue weighted by molar-refractivity contribution is 5.87. The molecule has 0 fully saturated rings. The van der Waals surface area contributed by atoms with E-state index >= 15 is 0 Å². The van der Waals surface area contributed by atoms with E-state index in [0.717, 1.165) is 29.4 Å². The highest BCUT2D eigenvalue weighted by Gasteiger charge is 2.10. The zero-order valence-corrected chi connectivity index (χ0v) is 8.99. The Morgan fingerprint density at radius 1 is 1.47 bits per heavy atom. The summed E-state index contributed by atoms with van der Waals surface area (Å²) in [4.78, 5) is 0. The fraction of sp³-hybridized carbons (Fsp3) is 0.333. The molecule has 0 atom stereocenters. The van der Waals surface area contributed by atoms with Gasteiger partial charge in [0.05, 0.1) is 16.8 Å². The van der Waals surface area contributed by atoms with E-state index in [0.29, 0.717) is 5.56 Å². The summed E-state index contributed by atoms with van der Waals surface area (Å²) in [6.45, 7) is 2.13. The summed E-state index contributed by atoms with van der Waals surface area (Å²) in [6, 6.07) is 7.99. The van der Waals surface area contributed by atoms with Crippen molar-refractivity contribution < 1.29 is 0 Å². The third-order valence-corrected chi connectivity index (χ3v) is 2.55. The maximum Gasteiger partial charge on any atom is 0.101 e. The first kappa shape index (κ1) is 9.72. The monoisotopic (exact) mass is 199 g/mol. The van der Waals surface area contributed by atoms with Crippen molar-refractivity contribution in [2.24, 2.45) is 7.05 Å². The predicted molar refractivity (Wildman–Crippen MR) is 59.4 cm³/mol. The van der Waals surface area contributed by atoms with Gasteiger partial charge in [-0.2, -0.15) is 10.4 Å². The Balaban J connectivity index is 2.75. The van der Waals surface area contributed by atoms with Crippen LogP contribution >= 0.6 is 0 Å². The lowest BCUT2D eigenvalue weighted by Gasteiger charge is -1.95. The van der Waals surface area contributed by atoms with Gasteiger partial charge in [0, 0.05) is 12.4 Å². The Kier molecular flexibility index (Phi) is 2.42. The van der Waals surface area contributed by atoms with E-state index < -0.39 is 0 Å². The first-order valence-electron chi connectivity index (χ1n) is 5.12. The molecule has 3 heteroatoms. The van der Waals surface area contributed by atoms with Crippen LogP contribution in [0.1, 0.15) is 24.6 Å². The number of aromatic nitrogens is 2. The summed E-state index contributed by atoms with van der Waals surface area (Å²) in [5.74, 6) is 0. The summed E-state index contributed by atoms with van der Waals surface area (Å²) >= 11 is 0. The van der Waals surface area contributed by atoms with Crippen LogP contribution in [0.3, 0.4) is 0 Å². The molecule has 1 heterocycles. The molecule has 3 nitrogen and oxygen atoms in total. The SMILES string of the molecule is CCCc1nn(C)c2c(C#N)cccc12. The molecule has 0 saturated carbocycles. The minimum atomic E-state index is 0.699. The summed E-state index contributed by atoms with van der Waals surface area (Å²) in [5, 5.41) is 14.6. The van der Waals surface area contributed by atoms with Gasteiger partial charge in [-0.05, 0) is 12.5 Å². The molecule has 0 bridgehead atoms. The standard InChI is InChI=1S/C12H13N3/c1-3-5-11-10-7-4-6-9(8-13)12(10)15(2)14-11/h4,6-7H,3,5H2,1-2H3. The number of nitrogens with zero attached hydrogens (tertiary/aromatic N) is 3. The molecule has 2 aromatic rings. The molecule has 2 rings (SSSR count). The fourth-order valence-electron chi connectivity index (χ4n) is 1.92. The zero-order chi connectivity index (χ0) is 10.8. The van der Waals surface area contributed by atoms with Crippen molar-refractivity contribution >= 4 is 10.9 Å². The molecule has 0 saturated heterocycles. The van der Waals surface area contributed by atoms with E-state index in [4.69, 9.17) is 5.26 Å².